The van der Waals surface area contributed by atoms with Gasteiger partial charge in [-0.2, -0.15) is 4.99 Å². The molecule has 4 nitrogen and oxygen atoms in total. The molecule has 0 radical (unpaired) electrons. The van der Waals surface area contributed by atoms with E-state index in [1.165, 1.54) is 5.69 Å². The van der Waals surface area contributed by atoms with Crippen molar-refractivity contribution in [3.05, 3.63) is 30.3 Å². The van der Waals surface area contributed by atoms with Crippen LogP contribution in [0.25, 0.3) is 0 Å². The van der Waals surface area contributed by atoms with Crippen LogP contribution in [-0.2, 0) is 4.74 Å². The van der Waals surface area contributed by atoms with Crippen LogP contribution in [0.5, 0.6) is 0 Å². The van der Waals surface area contributed by atoms with Gasteiger partial charge in [0.15, 0.2) is 0 Å². The minimum absolute atomic E-state index is 0.376. The van der Waals surface area contributed by atoms with Crippen LogP contribution in [0.15, 0.2) is 35.3 Å². The van der Waals surface area contributed by atoms with E-state index in [0.717, 1.165) is 25.7 Å². The number of rotatable bonds is 3. The zero-order chi connectivity index (χ0) is 16.0. The lowest BCUT2D eigenvalue weighted by Gasteiger charge is -2.27. The maximum absolute atomic E-state index is 11.6. The molecule has 120 valence electrons. The Balaban J connectivity index is 1.74. The fraction of sp³-hybridized carbons (Fsp3) is 0.556. The summed E-state index contributed by atoms with van der Waals surface area (Å²) in [4.78, 5) is 15.5. The predicted octanol–water partition coefficient (Wildman–Crippen LogP) is 4.66. The van der Waals surface area contributed by atoms with Crippen LogP contribution in [0, 0.1) is 5.92 Å². The Morgan fingerprint density at radius 3 is 2.41 bits per heavy atom. The molecule has 4 heteroatoms. The van der Waals surface area contributed by atoms with Gasteiger partial charge in [0.05, 0.1) is 0 Å². The molecule has 0 aliphatic heterocycles. The van der Waals surface area contributed by atoms with Crippen LogP contribution in [0.1, 0.15) is 46.5 Å². The second-order valence-electron chi connectivity index (χ2n) is 6.88. The van der Waals surface area contributed by atoms with Crippen molar-refractivity contribution >= 4 is 18.0 Å². The number of carbonyl (C=O) groups excluding carboxylic acids is 1. The van der Waals surface area contributed by atoms with Gasteiger partial charge >= 0.3 is 6.09 Å². The fourth-order valence-electron chi connectivity index (χ4n) is 2.64. The van der Waals surface area contributed by atoms with Gasteiger partial charge in [0.1, 0.15) is 5.60 Å². The van der Waals surface area contributed by atoms with E-state index in [0.29, 0.717) is 12.0 Å². The summed E-state index contributed by atoms with van der Waals surface area (Å²) in [7, 11) is 0. The van der Waals surface area contributed by atoms with Crippen LogP contribution < -0.4 is 5.32 Å². The summed E-state index contributed by atoms with van der Waals surface area (Å²) in [6, 6.07) is 10.8. The van der Waals surface area contributed by atoms with E-state index in [1.54, 1.807) is 6.21 Å². The number of para-hydroxylation sites is 1. The molecule has 1 amide bonds. The lowest BCUT2D eigenvalue weighted by Crippen LogP contribution is -2.27. The highest BCUT2D eigenvalue weighted by Crippen LogP contribution is 2.25. The molecule has 0 spiro atoms. The Morgan fingerprint density at radius 2 is 1.82 bits per heavy atom. The third-order valence-corrected chi connectivity index (χ3v) is 3.70. The van der Waals surface area contributed by atoms with Gasteiger partial charge in [0, 0.05) is 17.9 Å². The molecular weight excluding hydrogens is 276 g/mol. The van der Waals surface area contributed by atoms with Crippen LogP contribution >= 0.6 is 0 Å². The molecule has 1 fully saturated rings. The molecule has 0 bridgehead atoms. The second kappa shape index (κ2) is 7.43. The first-order valence-electron chi connectivity index (χ1n) is 8.01. The number of anilines is 1. The van der Waals surface area contributed by atoms with Crippen molar-refractivity contribution in [3.8, 4) is 0 Å². The Kier molecular flexibility index (Phi) is 5.58. The minimum atomic E-state index is -0.489. The van der Waals surface area contributed by atoms with Crippen LogP contribution in [0.4, 0.5) is 10.5 Å². The number of amides is 1. The average Bonchev–Trinajstić information content (AvgIpc) is 2.46. The maximum Gasteiger partial charge on any atom is 0.433 e. The van der Waals surface area contributed by atoms with E-state index in [2.05, 4.69) is 22.4 Å². The molecule has 0 atom stereocenters. The molecule has 1 saturated carbocycles. The van der Waals surface area contributed by atoms with E-state index in [4.69, 9.17) is 4.74 Å². The van der Waals surface area contributed by atoms with Gasteiger partial charge in [-0.05, 0) is 64.5 Å². The minimum Gasteiger partial charge on any atom is -0.442 e. The SMILES string of the molecule is CC(C)(C)OC(=O)N=CC1CCC(Nc2ccccc2)CC1. The monoisotopic (exact) mass is 302 g/mol. The molecule has 0 saturated heterocycles. The maximum atomic E-state index is 11.6. The molecule has 1 aromatic carbocycles. The van der Waals surface area contributed by atoms with Crippen LogP contribution in [0.3, 0.4) is 0 Å². The summed E-state index contributed by atoms with van der Waals surface area (Å²) in [6.07, 6.45) is 5.58. The third-order valence-electron chi connectivity index (χ3n) is 3.70. The lowest BCUT2D eigenvalue weighted by molar-refractivity contribution is 0.0604. The summed E-state index contributed by atoms with van der Waals surface area (Å²) in [6.45, 7) is 5.54. The number of aliphatic imine (C=N–C) groups is 1. The molecule has 1 aliphatic rings. The van der Waals surface area contributed by atoms with Crippen LogP contribution in [0.2, 0.25) is 0 Å². The summed E-state index contributed by atoms with van der Waals surface area (Å²) < 4.78 is 5.18. The van der Waals surface area contributed by atoms with Gasteiger partial charge in [0.25, 0.3) is 0 Å². The van der Waals surface area contributed by atoms with E-state index in [-0.39, 0.29) is 0 Å². The number of hydrogen-bond acceptors (Lipinski definition) is 3. The number of ether oxygens (including phenoxy) is 1. The van der Waals surface area contributed by atoms with E-state index < -0.39 is 11.7 Å². The molecule has 1 N–H and O–H groups in total. The van der Waals surface area contributed by atoms with Crippen molar-refractivity contribution in [2.45, 2.75) is 58.1 Å². The fourth-order valence-corrected chi connectivity index (χ4v) is 2.64. The van der Waals surface area contributed by atoms with Crippen molar-refractivity contribution in [1.82, 2.24) is 0 Å². The zero-order valence-electron chi connectivity index (χ0n) is 13.7. The predicted molar refractivity (Wildman–Crippen MR) is 90.5 cm³/mol. The Morgan fingerprint density at radius 1 is 1.18 bits per heavy atom. The van der Waals surface area contributed by atoms with E-state index in [1.807, 2.05) is 39.0 Å². The largest absolute Gasteiger partial charge is 0.442 e. The van der Waals surface area contributed by atoms with Gasteiger partial charge in [-0.25, -0.2) is 4.79 Å². The Labute approximate surface area is 133 Å². The molecule has 0 heterocycles. The standard InChI is InChI=1S/C18H26N2O2/c1-18(2,3)22-17(21)19-13-14-9-11-16(12-10-14)20-15-7-5-4-6-8-15/h4-8,13-14,16,20H,9-12H2,1-3H3. The second-order valence-corrected chi connectivity index (χ2v) is 6.88. The van der Waals surface area contributed by atoms with Crippen molar-refractivity contribution in [2.24, 2.45) is 10.9 Å². The molecule has 2 rings (SSSR count). The first-order chi connectivity index (χ1) is 10.4. The topological polar surface area (TPSA) is 50.7 Å². The van der Waals surface area contributed by atoms with Gasteiger partial charge in [-0.1, -0.05) is 18.2 Å². The molecule has 0 aromatic heterocycles. The molecule has 1 aromatic rings. The number of nitrogens with zero attached hydrogens (tertiary/aromatic N) is 1. The van der Waals surface area contributed by atoms with Gasteiger partial charge in [0.2, 0.25) is 0 Å². The van der Waals surface area contributed by atoms with Gasteiger partial charge in [-0.3, -0.25) is 0 Å². The van der Waals surface area contributed by atoms with Crippen molar-refractivity contribution < 1.29 is 9.53 Å². The van der Waals surface area contributed by atoms with Crippen LogP contribution in [-0.4, -0.2) is 24.0 Å². The smallest absolute Gasteiger partial charge is 0.433 e. The number of carbonyl (C=O) groups is 1. The molecule has 22 heavy (non-hydrogen) atoms. The summed E-state index contributed by atoms with van der Waals surface area (Å²) >= 11 is 0. The highest BCUT2D eigenvalue weighted by atomic mass is 16.6. The highest BCUT2D eigenvalue weighted by molar-refractivity contribution is 5.80. The zero-order valence-corrected chi connectivity index (χ0v) is 13.7. The first kappa shape index (κ1) is 16.5. The van der Waals surface area contributed by atoms with E-state index >= 15 is 0 Å². The molecule has 0 unspecified atom stereocenters. The van der Waals surface area contributed by atoms with Crippen molar-refractivity contribution in [3.63, 3.8) is 0 Å². The number of hydrogen-bond donors (Lipinski definition) is 1. The highest BCUT2D eigenvalue weighted by Gasteiger charge is 2.21. The quantitative estimate of drug-likeness (QED) is 0.826. The number of nitrogens with one attached hydrogen (secondary N) is 1. The van der Waals surface area contributed by atoms with Gasteiger partial charge in [-0.15, -0.1) is 0 Å². The Hall–Kier alpha value is -1.84. The summed E-state index contributed by atoms with van der Waals surface area (Å²) in [5, 5.41) is 3.56. The summed E-state index contributed by atoms with van der Waals surface area (Å²) in [5.41, 5.74) is 0.694. The molecular formula is C18H26N2O2. The summed E-state index contributed by atoms with van der Waals surface area (Å²) in [5.74, 6) is 0.376. The lowest BCUT2D eigenvalue weighted by atomic mass is 9.86. The van der Waals surface area contributed by atoms with Gasteiger partial charge < -0.3 is 10.1 Å². The van der Waals surface area contributed by atoms with Crippen molar-refractivity contribution in [2.75, 3.05) is 5.32 Å². The molecule has 1 aliphatic carbocycles. The van der Waals surface area contributed by atoms with E-state index in [9.17, 15) is 4.79 Å². The Bertz CT molecular complexity index is 498. The number of benzene rings is 1. The normalized spacial score (nSPS) is 22.5. The van der Waals surface area contributed by atoms with Crippen molar-refractivity contribution in [1.29, 1.82) is 0 Å². The first-order valence-corrected chi connectivity index (χ1v) is 8.01. The third kappa shape index (κ3) is 5.88. The average molecular weight is 302 g/mol.